The van der Waals surface area contributed by atoms with Crippen molar-refractivity contribution in [1.82, 2.24) is 10.2 Å². The van der Waals surface area contributed by atoms with Crippen molar-refractivity contribution in [2.75, 3.05) is 23.7 Å². The van der Waals surface area contributed by atoms with E-state index >= 15 is 0 Å². The second-order valence-electron chi connectivity index (χ2n) is 7.69. The number of likely N-dealkylation sites (N-methyl/N-ethyl adjacent to an activating group) is 1. The zero-order chi connectivity index (χ0) is 24.8. The van der Waals surface area contributed by atoms with Crippen LogP contribution in [-0.2, 0) is 26.2 Å². The van der Waals surface area contributed by atoms with E-state index in [9.17, 15) is 18.0 Å². The molecule has 0 radical (unpaired) electrons. The molecule has 2 rings (SSSR count). The molecule has 2 aromatic rings. The summed E-state index contributed by atoms with van der Waals surface area (Å²) in [5, 5.41) is 3.17. The maximum Gasteiger partial charge on any atom is 0.244 e. The fraction of sp³-hybridized carbons (Fsp3) is 0.391. The van der Waals surface area contributed by atoms with E-state index in [0.717, 1.165) is 21.7 Å². The Morgan fingerprint density at radius 2 is 1.79 bits per heavy atom. The Balaban J connectivity index is 2.48. The van der Waals surface area contributed by atoms with Crippen LogP contribution in [0.2, 0.25) is 10.0 Å². The smallest absolute Gasteiger partial charge is 0.244 e. The van der Waals surface area contributed by atoms with Gasteiger partial charge in [-0.3, -0.25) is 13.9 Å². The van der Waals surface area contributed by atoms with Crippen molar-refractivity contribution in [2.45, 2.75) is 39.8 Å². The van der Waals surface area contributed by atoms with Crippen LogP contribution in [-0.4, -0.2) is 50.5 Å². The van der Waals surface area contributed by atoms with E-state index < -0.39 is 28.5 Å². The van der Waals surface area contributed by atoms with Gasteiger partial charge in [0.15, 0.2) is 0 Å². The summed E-state index contributed by atoms with van der Waals surface area (Å²) in [4.78, 5) is 27.7. The molecule has 2 aromatic carbocycles. The molecule has 10 heteroatoms. The van der Waals surface area contributed by atoms with Crippen LogP contribution < -0.4 is 9.62 Å². The van der Waals surface area contributed by atoms with Crippen LogP contribution in [0.3, 0.4) is 0 Å². The Morgan fingerprint density at radius 3 is 2.36 bits per heavy atom. The number of carbonyl (C=O) groups excluding carboxylic acids is 2. The molecule has 180 valence electrons. The second kappa shape index (κ2) is 11.7. The summed E-state index contributed by atoms with van der Waals surface area (Å²) < 4.78 is 26.1. The molecule has 33 heavy (non-hydrogen) atoms. The van der Waals surface area contributed by atoms with Crippen LogP contribution in [0.4, 0.5) is 5.69 Å². The first-order valence-corrected chi connectivity index (χ1v) is 13.1. The molecular formula is C23H29Cl2N3O4S. The third kappa shape index (κ3) is 7.35. The van der Waals surface area contributed by atoms with Gasteiger partial charge in [0.25, 0.3) is 0 Å². The number of amides is 2. The Bertz CT molecular complexity index is 1110. The molecule has 2 amide bonds. The Morgan fingerprint density at radius 1 is 1.09 bits per heavy atom. The number of anilines is 1. The van der Waals surface area contributed by atoms with Crippen molar-refractivity contribution in [3.8, 4) is 0 Å². The average Bonchev–Trinajstić information content (AvgIpc) is 2.73. The van der Waals surface area contributed by atoms with E-state index in [1.807, 2.05) is 31.2 Å². The minimum atomic E-state index is -3.89. The van der Waals surface area contributed by atoms with Gasteiger partial charge in [-0.15, -0.1) is 0 Å². The molecule has 0 fully saturated rings. The molecule has 0 spiro atoms. The molecule has 0 saturated carbocycles. The Hall–Kier alpha value is -2.29. The van der Waals surface area contributed by atoms with Crippen molar-refractivity contribution in [1.29, 1.82) is 0 Å². The third-order valence-corrected chi connectivity index (χ3v) is 6.71. The number of sulfonamides is 1. The lowest BCUT2D eigenvalue weighted by atomic mass is 10.1. The normalized spacial score (nSPS) is 12.2. The van der Waals surface area contributed by atoms with E-state index in [-0.39, 0.29) is 28.2 Å². The van der Waals surface area contributed by atoms with Crippen LogP contribution in [0, 0.1) is 6.92 Å². The maximum absolute atomic E-state index is 13.5. The highest BCUT2D eigenvalue weighted by molar-refractivity contribution is 7.92. The van der Waals surface area contributed by atoms with Gasteiger partial charge in [0.05, 0.1) is 17.0 Å². The summed E-state index contributed by atoms with van der Waals surface area (Å²) in [6, 6.07) is 11.2. The highest BCUT2D eigenvalue weighted by Gasteiger charge is 2.32. The maximum atomic E-state index is 13.5. The monoisotopic (exact) mass is 513 g/mol. The topological polar surface area (TPSA) is 86.8 Å². The molecule has 0 bridgehead atoms. The first-order chi connectivity index (χ1) is 15.5. The van der Waals surface area contributed by atoms with Gasteiger partial charge in [0.1, 0.15) is 12.6 Å². The summed E-state index contributed by atoms with van der Waals surface area (Å²) in [5.74, 6) is -0.830. The summed E-state index contributed by atoms with van der Waals surface area (Å²) in [5.41, 5.74) is 1.94. The minimum Gasteiger partial charge on any atom is -0.355 e. The molecule has 1 atom stereocenters. The number of benzene rings is 2. The molecular weight excluding hydrogens is 485 g/mol. The van der Waals surface area contributed by atoms with Crippen LogP contribution in [0.1, 0.15) is 31.4 Å². The predicted octanol–water partition coefficient (Wildman–Crippen LogP) is 4.01. The lowest BCUT2D eigenvalue weighted by molar-refractivity contribution is -0.140. The lowest BCUT2D eigenvalue weighted by Gasteiger charge is -2.33. The lowest BCUT2D eigenvalue weighted by Crippen LogP contribution is -2.52. The number of hydrogen-bond acceptors (Lipinski definition) is 4. The molecule has 1 N–H and O–H groups in total. The first-order valence-electron chi connectivity index (χ1n) is 10.5. The predicted molar refractivity (Wildman–Crippen MR) is 133 cm³/mol. The van der Waals surface area contributed by atoms with E-state index in [1.54, 1.807) is 13.8 Å². The Labute approximate surface area is 205 Å². The Kier molecular flexibility index (Phi) is 9.57. The number of nitrogens with zero attached hydrogens (tertiary/aromatic N) is 2. The summed E-state index contributed by atoms with van der Waals surface area (Å²) in [6.45, 7) is 5.57. The van der Waals surface area contributed by atoms with Crippen molar-refractivity contribution >= 4 is 50.7 Å². The SMILES string of the molecule is CCNC(=O)C(CC)N(Cc1cccc(C)c1)C(=O)CN(c1cc(Cl)ccc1Cl)S(C)(=O)=O. The third-order valence-electron chi connectivity index (χ3n) is 5.03. The van der Waals surface area contributed by atoms with Gasteiger partial charge in [0, 0.05) is 18.1 Å². The summed E-state index contributed by atoms with van der Waals surface area (Å²) in [6.07, 6.45) is 1.35. The van der Waals surface area contributed by atoms with Crippen molar-refractivity contribution in [2.24, 2.45) is 0 Å². The average molecular weight is 514 g/mol. The number of carbonyl (C=O) groups is 2. The molecule has 1 unspecified atom stereocenters. The van der Waals surface area contributed by atoms with Gasteiger partial charge < -0.3 is 10.2 Å². The second-order valence-corrected chi connectivity index (χ2v) is 10.4. The van der Waals surface area contributed by atoms with Crippen LogP contribution in [0.5, 0.6) is 0 Å². The summed E-state index contributed by atoms with van der Waals surface area (Å²) >= 11 is 12.3. The molecule has 0 heterocycles. The minimum absolute atomic E-state index is 0.0987. The zero-order valence-corrected chi connectivity index (χ0v) is 21.5. The molecule has 0 aliphatic heterocycles. The molecule has 0 saturated heterocycles. The van der Waals surface area contributed by atoms with Gasteiger partial charge in [0.2, 0.25) is 21.8 Å². The molecule has 0 aliphatic carbocycles. The number of nitrogens with one attached hydrogen (secondary N) is 1. The zero-order valence-electron chi connectivity index (χ0n) is 19.1. The first kappa shape index (κ1) is 27.0. The van der Waals surface area contributed by atoms with Crippen LogP contribution in [0.25, 0.3) is 0 Å². The van der Waals surface area contributed by atoms with Crippen LogP contribution >= 0.6 is 23.2 Å². The van der Waals surface area contributed by atoms with Crippen molar-refractivity contribution in [3.05, 3.63) is 63.6 Å². The fourth-order valence-electron chi connectivity index (χ4n) is 3.49. The van der Waals surface area contributed by atoms with Gasteiger partial charge >= 0.3 is 0 Å². The van der Waals surface area contributed by atoms with Crippen molar-refractivity contribution < 1.29 is 18.0 Å². The molecule has 0 aromatic heterocycles. The van der Waals surface area contributed by atoms with Crippen LogP contribution in [0.15, 0.2) is 42.5 Å². The van der Waals surface area contributed by atoms with Crippen molar-refractivity contribution in [3.63, 3.8) is 0 Å². The van der Waals surface area contributed by atoms with Gasteiger partial charge in [-0.25, -0.2) is 8.42 Å². The van der Waals surface area contributed by atoms with Gasteiger partial charge in [-0.1, -0.05) is 60.0 Å². The number of hydrogen-bond donors (Lipinski definition) is 1. The largest absolute Gasteiger partial charge is 0.355 e. The highest BCUT2D eigenvalue weighted by atomic mass is 35.5. The van der Waals surface area contributed by atoms with E-state index in [2.05, 4.69) is 5.32 Å². The molecule has 7 nitrogen and oxygen atoms in total. The number of halogens is 2. The van der Waals surface area contributed by atoms with E-state index in [0.29, 0.717) is 13.0 Å². The van der Waals surface area contributed by atoms with Gasteiger partial charge in [-0.05, 0) is 44.0 Å². The standard InChI is InChI=1S/C23H29Cl2N3O4S/c1-5-20(23(30)26-6-2)27(14-17-9-7-8-16(3)12-17)22(29)15-28(33(4,31)32)21-13-18(24)10-11-19(21)25/h7-13,20H,5-6,14-15H2,1-4H3,(H,26,30). The summed E-state index contributed by atoms with van der Waals surface area (Å²) in [7, 11) is -3.89. The number of aryl methyl sites for hydroxylation is 1. The molecule has 0 aliphatic rings. The van der Waals surface area contributed by atoms with E-state index in [4.69, 9.17) is 23.2 Å². The van der Waals surface area contributed by atoms with Gasteiger partial charge in [-0.2, -0.15) is 0 Å². The quantitative estimate of drug-likeness (QED) is 0.519. The van der Waals surface area contributed by atoms with E-state index in [1.165, 1.54) is 23.1 Å². The highest BCUT2D eigenvalue weighted by Crippen LogP contribution is 2.31. The number of rotatable bonds is 10. The fourth-order valence-corrected chi connectivity index (χ4v) is 4.78.